The molecule has 0 fully saturated rings. The maximum absolute atomic E-state index is 11.7. The van der Waals surface area contributed by atoms with Crippen molar-refractivity contribution in [3.05, 3.63) is 40.3 Å². The van der Waals surface area contributed by atoms with Gasteiger partial charge in [-0.3, -0.25) is 4.79 Å². The molecule has 0 unspecified atom stereocenters. The molecule has 0 heterocycles. The molecule has 16 heavy (non-hydrogen) atoms. The van der Waals surface area contributed by atoms with E-state index in [1.165, 1.54) is 0 Å². The van der Waals surface area contributed by atoms with Crippen LogP contribution in [0, 0.1) is 0 Å². The Morgan fingerprint density at radius 3 is 2.88 bits per heavy atom. The Morgan fingerprint density at radius 2 is 2.25 bits per heavy atom. The van der Waals surface area contributed by atoms with Crippen LogP contribution in [0.5, 0.6) is 0 Å². The van der Waals surface area contributed by atoms with E-state index in [4.69, 9.17) is 5.53 Å². The predicted octanol–water partition coefficient (Wildman–Crippen LogP) is 2.76. The third kappa shape index (κ3) is 3.73. The second-order valence-corrected chi connectivity index (χ2v) is 3.72. The number of nitrogens with zero attached hydrogens (tertiary/aromatic N) is 4. The molecule has 0 aliphatic rings. The summed E-state index contributed by atoms with van der Waals surface area (Å²) in [6.45, 7) is 0.713. The minimum absolute atomic E-state index is 0.0590. The normalized spacial score (nSPS) is 9.94. The van der Waals surface area contributed by atoms with E-state index in [1.54, 1.807) is 24.3 Å². The molecular weight excluding hydrogens is 204 g/mol. The number of azide groups is 1. The van der Waals surface area contributed by atoms with Crippen molar-refractivity contribution in [3.63, 3.8) is 0 Å². The standard InChI is InChI=1S/C11H14N4O/c1-15(2)7-6-11(16)9-4-3-5-10(8-9)13-14-12/h3-5,8H,6-7H2,1-2H3. The number of benzene rings is 1. The summed E-state index contributed by atoms with van der Waals surface area (Å²) < 4.78 is 0. The molecule has 1 rings (SSSR count). The van der Waals surface area contributed by atoms with Crippen molar-refractivity contribution < 1.29 is 4.79 Å². The van der Waals surface area contributed by atoms with E-state index in [0.717, 1.165) is 0 Å². The molecular formula is C11H14N4O. The molecule has 0 aliphatic carbocycles. The molecule has 1 aromatic rings. The third-order valence-electron chi connectivity index (χ3n) is 2.11. The summed E-state index contributed by atoms with van der Waals surface area (Å²) in [7, 11) is 3.84. The van der Waals surface area contributed by atoms with Gasteiger partial charge in [-0.2, -0.15) is 0 Å². The van der Waals surface area contributed by atoms with E-state index in [9.17, 15) is 4.79 Å². The molecule has 0 aliphatic heterocycles. The summed E-state index contributed by atoms with van der Waals surface area (Å²) in [6, 6.07) is 6.72. The lowest BCUT2D eigenvalue weighted by atomic mass is 10.1. The van der Waals surface area contributed by atoms with Gasteiger partial charge in [0.1, 0.15) is 0 Å². The lowest BCUT2D eigenvalue weighted by Crippen LogP contribution is -2.16. The van der Waals surface area contributed by atoms with Crippen LogP contribution in [0.2, 0.25) is 0 Å². The first-order chi connectivity index (χ1) is 7.63. The zero-order valence-corrected chi connectivity index (χ0v) is 9.42. The summed E-state index contributed by atoms with van der Waals surface area (Å²) >= 11 is 0. The van der Waals surface area contributed by atoms with E-state index in [0.29, 0.717) is 24.2 Å². The number of Topliss-reactive ketones (excluding diaryl/α,β-unsaturated/α-hetero) is 1. The Bertz CT molecular complexity index is 422. The second kappa shape index (κ2) is 5.90. The van der Waals surface area contributed by atoms with Gasteiger partial charge in [-0.15, -0.1) is 0 Å². The van der Waals surface area contributed by atoms with E-state index >= 15 is 0 Å². The number of hydrogen-bond acceptors (Lipinski definition) is 3. The molecule has 0 radical (unpaired) electrons. The first kappa shape index (κ1) is 12.2. The maximum Gasteiger partial charge on any atom is 0.164 e. The molecule has 0 spiro atoms. The van der Waals surface area contributed by atoms with Crippen LogP contribution >= 0.6 is 0 Å². The molecule has 0 amide bonds. The minimum atomic E-state index is 0.0590. The van der Waals surface area contributed by atoms with Crippen LogP contribution in [0.4, 0.5) is 5.69 Å². The highest BCUT2D eigenvalue weighted by molar-refractivity contribution is 5.96. The van der Waals surface area contributed by atoms with Gasteiger partial charge in [0.05, 0.1) is 0 Å². The number of carbonyl (C=O) groups excluding carboxylic acids is 1. The van der Waals surface area contributed by atoms with Crippen molar-refractivity contribution in [2.75, 3.05) is 20.6 Å². The summed E-state index contributed by atoms with van der Waals surface area (Å²) in [5.74, 6) is 0.0590. The van der Waals surface area contributed by atoms with Gasteiger partial charge in [-0.1, -0.05) is 23.3 Å². The van der Waals surface area contributed by atoms with E-state index in [-0.39, 0.29) is 5.78 Å². The average molecular weight is 218 g/mol. The quantitative estimate of drug-likeness (QED) is 0.330. The van der Waals surface area contributed by atoms with Crippen molar-refractivity contribution in [3.8, 4) is 0 Å². The fourth-order valence-corrected chi connectivity index (χ4v) is 1.26. The Labute approximate surface area is 94.3 Å². The average Bonchev–Trinajstić information content (AvgIpc) is 2.26. The maximum atomic E-state index is 11.7. The van der Waals surface area contributed by atoms with Crippen LogP contribution in [0.3, 0.4) is 0 Å². The number of rotatable bonds is 5. The molecule has 0 N–H and O–H groups in total. The minimum Gasteiger partial charge on any atom is -0.309 e. The van der Waals surface area contributed by atoms with E-state index in [1.807, 2.05) is 19.0 Å². The first-order valence-electron chi connectivity index (χ1n) is 4.96. The van der Waals surface area contributed by atoms with Crippen LogP contribution < -0.4 is 0 Å². The van der Waals surface area contributed by atoms with Crippen LogP contribution in [0.1, 0.15) is 16.8 Å². The summed E-state index contributed by atoms with van der Waals surface area (Å²) in [5.41, 5.74) is 9.35. The number of hydrogen-bond donors (Lipinski definition) is 0. The van der Waals surface area contributed by atoms with Crippen LogP contribution in [0.25, 0.3) is 10.4 Å². The SMILES string of the molecule is CN(C)CCC(=O)c1cccc(N=[N+]=[N-])c1. The first-order valence-corrected chi connectivity index (χ1v) is 4.96. The molecule has 0 aromatic heterocycles. The zero-order valence-electron chi connectivity index (χ0n) is 9.42. The smallest absolute Gasteiger partial charge is 0.164 e. The van der Waals surface area contributed by atoms with E-state index in [2.05, 4.69) is 10.0 Å². The monoisotopic (exact) mass is 218 g/mol. The molecule has 0 saturated heterocycles. The lowest BCUT2D eigenvalue weighted by Gasteiger charge is -2.08. The van der Waals surface area contributed by atoms with Crippen LogP contribution in [-0.4, -0.2) is 31.3 Å². The van der Waals surface area contributed by atoms with Crippen molar-refractivity contribution in [2.45, 2.75) is 6.42 Å². The summed E-state index contributed by atoms with van der Waals surface area (Å²) in [4.78, 5) is 16.4. The summed E-state index contributed by atoms with van der Waals surface area (Å²) in [6.07, 6.45) is 0.465. The summed E-state index contributed by atoms with van der Waals surface area (Å²) in [5, 5.41) is 3.46. The van der Waals surface area contributed by atoms with E-state index < -0.39 is 0 Å². The van der Waals surface area contributed by atoms with Gasteiger partial charge in [0.15, 0.2) is 5.78 Å². The molecule has 5 heteroatoms. The Hall–Kier alpha value is -1.84. The molecule has 0 bridgehead atoms. The topological polar surface area (TPSA) is 69.1 Å². The van der Waals surface area contributed by atoms with Crippen molar-refractivity contribution >= 4 is 11.5 Å². The molecule has 0 saturated carbocycles. The van der Waals surface area contributed by atoms with Gasteiger partial charge >= 0.3 is 0 Å². The van der Waals surface area contributed by atoms with Crippen LogP contribution in [-0.2, 0) is 0 Å². The zero-order chi connectivity index (χ0) is 12.0. The third-order valence-corrected chi connectivity index (χ3v) is 2.11. The van der Waals surface area contributed by atoms with Crippen molar-refractivity contribution in [1.29, 1.82) is 0 Å². The molecule has 84 valence electrons. The highest BCUT2D eigenvalue weighted by Crippen LogP contribution is 2.15. The fraction of sp³-hybridized carbons (Fsp3) is 0.364. The number of ketones is 1. The van der Waals surface area contributed by atoms with Crippen molar-refractivity contribution in [1.82, 2.24) is 4.90 Å². The van der Waals surface area contributed by atoms with Gasteiger partial charge in [0.25, 0.3) is 0 Å². The fourth-order valence-electron chi connectivity index (χ4n) is 1.26. The molecule has 1 aromatic carbocycles. The molecule has 5 nitrogen and oxygen atoms in total. The predicted molar refractivity (Wildman–Crippen MR) is 62.7 cm³/mol. The van der Waals surface area contributed by atoms with Gasteiger partial charge in [0, 0.05) is 29.1 Å². The van der Waals surface area contributed by atoms with Gasteiger partial charge in [0.2, 0.25) is 0 Å². The Morgan fingerprint density at radius 1 is 1.50 bits per heavy atom. The van der Waals surface area contributed by atoms with Gasteiger partial charge < -0.3 is 4.90 Å². The highest BCUT2D eigenvalue weighted by Gasteiger charge is 2.06. The van der Waals surface area contributed by atoms with Gasteiger partial charge in [-0.05, 0) is 25.7 Å². The van der Waals surface area contributed by atoms with Gasteiger partial charge in [-0.25, -0.2) is 0 Å². The second-order valence-electron chi connectivity index (χ2n) is 3.72. The number of carbonyl (C=O) groups is 1. The Balaban J connectivity index is 2.75. The lowest BCUT2D eigenvalue weighted by molar-refractivity contribution is 0.0972. The highest BCUT2D eigenvalue weighted by atomic mass is 16.1. The largest absolute Gasteiger partial charge is 0.309 e. The van der Waals surface area contributed by atoms with Crippen molar-refractivity contribution in [2.24, 2.45) is 5.11 Å². The molecule has 0 atom stereocenters. The Kier molecular flexibility index (Phi) is 4.51. The van der Waals surface area contributed by atoms with Crippen LogP contribution in [0.15, 0.2) is 29.4 Å².